The number of carbonyl (C=O) groups excluding carboxylic acids is 3. The third-order valence-electron chi connectivity index (χ3n) is 4.05. The van der Waals surface area contributed by atoms with Crippen LogP contribution in [0.4, 0.5) is 5.69 Å². The molecule has 0 aliphatic heterocycles. The summed E-state index contributed by atoms with van der Waals surface area (Å²) in [6.07, 6.45) is 2.66. The molecule has 7 heteroatoms. The minimum absolute atomic E-state index is 0.0787. The van der Waals surface area contributed by atoms with Gasteiger partial charge in [0.15, 0.2) is 11.5 Å². The van der Waals surface area contributed by atoms with E-state index in [1.54, 1.807) is 30.3 Å². The summed E-state index contributed by atoms with van der Waals surface area (Å²) in [4.78, 5) is 36.5. The lowest BCUT2D eigenvalue weighted by Crippen LogP contribution is -2.22. The lowest BCUT2D eigenvalue weighted by Gasteiger charge is -2.07. The van der Waals surface area contributed by atoms with Gasteiger partial charge in [-0.15, -0.1) is 11.3 Å². The number of hydrogen-bond acceptors (Lipinski definition) is 5. The molecule has 0 bridgehead atoms. The SMILES string of the molecule is O=C(CCCC(=O)c1cccs1)NCc1ccc(NC(=O)c2ccco2)cc1. The highest BCUT2D eigenvalue weighted by molar-refractivity contribution is 7.12. The fraction of sp³-hybridized carbons (Fsp3) is 0.190. The van der Waals surface area contributed by atoms with E-state index in [0.717, 1.165) is 10.4 Å². The summed E-state index contributed by atoms with van der Waals surface area (Å²) < 4.78 is 5.04. The van der Waals surface area contributed by atoms with Crippen molar-refractivity contribution in [3.8, 4) is 0 Å². The maximum Gasteiger partial charge on any atom is 0.291 e. The zero-order valence-corrected chi connectivity index (χ0v) is 16.0. The van der Waals surface area contributed by atoms with E-state index in [9.17, 15) is 14.4 Å². The van der Waals surface area contributed by atoms with Crippen molar-refractivity contribution >= 4 is 34.6 Å². The Labute approximate surface area is 166 Å². The molecule has 144 valence electrons. The first-order valence-electron chi connectivity index (χ1n) is 8.89. The lowest BCUT2D eigenvalue weighted by atomic mass is 10.1. The van der Waals surface area contributed by atoms with E-state index in [-0.39, 0.29) is 23.4 Å². The topological polar surface area (TPSA) is 88.4 Å². The van der Waals surface area contributed by atoms with Crippen molar-refractivity contribution in [3.05, 3.63) is 76.4 Å². The second-order valence-corrected chi connectivity index (χ2v) is 7.11. The Bertz CT molecular complexity index is 916. The fourth-order valence-electron chi connectivity index (χ4n) is 2.57. The molecular formula is C21H20N2O4S. The van der Waals surface area contributed by atoms with Crippen molar-refractivity contribution in [2.75, 3.05) is 5.32 Å². The summed E-state index contributed by atoms with van der Waals surface area (Å²) in [5.41, 5.74) is 1.56. The zero-order valence-electron chi connectivity index (χ0n) is 15.1. The van der Waals surface area contributed by atoms with Gasteiger partial charge in [0.05, 0.1) is 11.1 Å². The average Bonchev–Trinajstić information content (AvgIpc) is 3.41. The molecule has 0 saturated carbocycles. The molecule has 0 fully saturated rings. The van der Waals surface area contributed by atoms with Gasteiger partial charge >= 0.3 is 0 Å². The largest absolute Gasteiger partial charge is 0.459 e. The van der Waals surface area contributed by atoms with Gasteiger partial charge in [0.1, 0.15) is 0 Å². The second-order valence-electron chi connectivity index (χ2n) is 6.16. The van der Waals surface area contributed by atoms with Gasteiger partial charge in [-0.25, -0.2) is 0 Å². The highest BCUT2D eigenvalue weighted by Crippen LogP contribution is 2.14. The van der Waals surface area contributed by atoms with E-state index in [1.165, 1.54) is 17.6 Å². The van der Waals surface area contributed by atoms with E-state index in [1.807, 2.05) is 23.6 Å². The predicted molar refractivity (Wildman–Crippen MR) is 107 cm³/mol. The van der Waals surface area contributed by atoms with Crippen molar-refractivity contribution in [2.45, 2.75) is 25.8 Å². The number of hydrogen-bond donors (Lipinski definition) is 2. The first-order valence-corrected chi connectivity index (χ1v) is 9.77. The van der Waals surface area contributed by atoms with E-state index < -0.39 is 0 Å². The van der Waals surface area contributed by atoms with Crippen LogP contribution in [0.3, 0.4) is 0 Å². The van der Waals surface area contributed by atoms with Crippen molar-refractivity contribution in [1.29, 1.82) is 0 Å². The van der Waals surface area contributed by atoms with Crippen molar-refractivity contribution in [1.82, 2.24) is 5.32 Å². The van der Waals surface area contributed by atoms with Crippen LogP contribution in [0.5, 0.6) is 0 Å². The minimum Gasteiger partial charge on any atom is -0.459 e. The molecule has 6 nitrogen and oxygen atoms in total. The molecule has 0 aliphatic rings. The second kappa shape index (κ2) is 9.66. The zero-order chi connectivity index (χ0) is 19.8. The molecule has 0 atom stereocenters. The third kappa shape index (κ3) is 5.65. The molecule has 2 aromatic heterocycles. The summed E-state index contributed by atoms with van der Waals surface area (Å²) in [6, 6.07) is 14.1. The summed E-state index contributed by atoms with van der Waals surface area (Å²) in [7, 11) is 0. The highest BCUT2D eigenvalue weighted by Gasteiger charge is 2.10. The van der Waals surface area contributed by atoms with Crippen molar-refractivity contribution in [2.24, 2.45) is 0 Å². The van der Waals surface area contributed by atoms with Gasteiger partial charge in [-0.1, -0.05) is 18.2 Å². The van der Waals surface area contributed by atoms with Crippen LogP contribution in [0.2, 0.25) is 0 Å². The van der Waals surface area contributed by atoms with Gasteiger partial charge in [-0.2, -0.15) is 0 Å². The normalized spacial score (nSPS) is 10.4. The fourth-order valence-corrected chi connectivity index (χ4v) is 3.26. The number of ketones is 1. The van der Waals surface area contributed by atoms with E-state index >= 15 is 0 Å². The number of nitrogens with one attached hydrogen (secondary N) is 2. The molecule has 28 heavy (non-hydrogen) atoms. The Morgan fingerprint density at radius 2 is 1.79 bits per heavy atom. The van der Waals surface area contributed by atoms with Crippen LogP contribution in [-0.4, -0.2) is 17.6 Å². The van der Waals surface area contributed by atoms with Crippen molar-refractivity contribution < 1.29 is 18.8 Å². The molecule has 0 spiro atoms. The summed E-state index contributed by atoms with van der Waals surface area (Å²) in [6.45, 7) is 0.393. The maximum atomic E-state index is 11.9. The third-order valence-corrected chi connectivity index (χ3v) is 4.96. The van der Waals surface area contributed by atoms with Crippen LogP contribution in [0.15, 0.2) is 64.6 Å². The first-order chi connectivity index (χ1) is 13.6. The standard InChI is InChI=1S/C21H20N2O4S/c24-17(19-6-3-13-28-19)4-1-7-20(25)22-14-15-8-10-16(11-9-15)23-21(26)18-5-2-12-27-18/h2-3,5-6,8-13H,1,4,7,14H2,(H,22,25)(H,23,26). The molecule has 0 unspecified atom stereocenters. The number of amides is 2. The van der Waals surface area contributed by atoms with E-state index in [4.69, 9.17) is 4.42 Å². The van der Waals surface area contributed by atoms with Crippen LogP contribution >= 0.6 is 11.3 Å². The molecule has 0 aliphatic carbocycles. The number of carbonyl (C=O) groups is 3. The Balaban J connectivity index is 1.37. The molecule has 2 heterocycles. The quantitative estimate of drug-likeness (QED) is 0.529. The van der Waals surface area contributed by atoms with Crippen LogP contribution in [0.1, 0.15) is 45.1 Å². The van der Waals surface area contributed by atoms with Crippen LogP contribution in [-0.2, 0) is 11.3 Å². The van der Waals surface area contributed by atoms with E-state index in [0.29, 0.717) is 31.5 Å². The number of furan rings is 1. The number of anilines is 1. The molecule has 2 N–H and O–H groups in total. The maximum absolute atomic E-state index is 11.9. The molecule has 2 amide bonds. The highest BCUT2D eigenvalue weighted by atomic mass is 32.1. The monoisotopic (exact) mass is 396 g/mol. The molecular weight excluding hydrogens is 376 g/mol. The first kappa shape index (κ1) is 19.6. The van der Waals surface area contributed by atoms with Gasteiger partial charge in [0.25, 0.3) is 5.91 Å². The number of benzene rings is 1. The summed E-state index contributed by atoms with van der Waals surface area (Å²) in [5.74, 6) is -0.0822. The van der Waals surface area contributed by atoms with Crippen LogP contribution in [0, 0.1) is 0 Å². The molecule has 0 radical (unpaired) electrons. The number of Topliss-reactive ketones (excluding diaryl/α,β-unsaturated/α-hetero) is 1. The van der Waals surface area contributed by atoms with Crippen LogP contribution in [0.25, 0.3) is 0 Å². The van der Waals surface area contributed by atoms with Gasteiger partial charge in [0, 0.05) is 25.1 Å². The van der Waals surface area contributed by atoms with Gasteiger partial charge in [-0.3, -0.25) is 14.4 Å². The molecule has 3 rings (SSSR count). The Morgan fingerprint density at radius 3 is 2.46 bits per heavy atom. The summed E-state index contributed by atoms with van der Waals surface area (Å²) >= 11 is 1.42. The van der Waals surface area contributed by atoms with Gasteiger partial charge < -0.3 is 15.1 Å². The molecule has 1 aromatic carbocycles. The predicted octanol–water partition coefficient (Wildman–Crippen LogP) is 4.26. The average molecular weight is 396 g/mol. The smallest absolute Gasteiger partial charge is 0.291 e. The lowest BCUT2D eigenvalue weighted by molar-refractivity contribution is -0.121. The minimum atomic E-state index is -0.317. The van der Waals surface area contributed by atoms with Crippen LogP contribution < -0.4 is 10.6 Å². The van der Waals surface area contributed by atoms with Gasteiger partial charge in [-0.05, 0) is 47.7 Å². The van der Waals surface area contributed by atoms with Gasteiger partial charge in [0.2, 0.25) is 5.91 Å². The molecule has 0 saturated heterocycles. The molecule has 3 aromatic rings. The van der Waals surface area contributed by atoms with Crippen molar-refractivity contribution in [3.63, 3.8) is 0 Å². The Kier molecular flexibility index (Phi) is 6.75. The number of rotatable bonds is 9. The number of thiophene rings is 1. The Hall–Kier alpha value is -3.19. The summed E-state index contributed by atoms with van der Waals surface area (Å²) in [5, 5.41) is 7.44. The Morgan fingerprint density at radius 1 is 0.964 bits per heavy atom. The van der Waals surface area contributed by atoms with E-state index in [2.05, 4.69) is 10.6 Å².